The van der Waals surface area contributed by atoms with E-state index < -0.39 is 17.5 Å². The molecule has 34 heavy (non-hydrogen) atoms. The van der Waals surface area contributed by atoms with Crippen LogP contribution < -0.4 is 11.3 Å². The zero-order valence-corrected chi connectivity index (χ0v) is 18.7. The van der Waals surface area contributed by atoms with Crippen molar-refractivity contribution >= 4 is 34.6 Å². The number of hydrogen-bond donors (Lipinski definition) is 3. The van der Waals surface area contributed by atoms with Gasteiger partial charge in [0.25, 0.3) is 5.56 Å². The largest absolute Gasteiger partial charge is 0.478 e. The highest BCUT2D eigenvalue weighted by molar-refractivity contribution is 6.01. The maximum absolute atomic E-state index is 13.4. The summed E-state index contributed by atoms with van der Waals surface area (Å²) in [6.45, 7) is 3.73. The molecule has 3 aromatic rings. The van der Waals surface area contributed by atoms with Crippen LogP contribution in [0.5, 0.6) is 0 Å². The lowest BCUT2D eigenvalue weighted by molar-refractivity contribution is -0.172. The Morgan fingerprint density at radius 1 is 1.29 bits per heavy atom. The van der Waals surface area contributed by atoms with Crippen LogP contribution in [0, 0.1) is 0 Å². The van der Waals surface area contributed by atoms with E-state index in [4.69, 9.17) is 20.6 Å². The van der Waals surface area contributed by atoms with Crippen LogP contribution in [0.15, 0.2) is 29.1 Å². The van der Waals surface area contributed by atoms with Gasteiger partial charge in [0.1, 0.15) is 6.61 Å². The number of hydrogen-bond acceptors (Lipinski definition) is 7. The van der Waals surface area contributed by atoms with Crippen molar-refractivity contribution in [1.82, 2.24) is 9.55 Å². The Hall–Kier alpha value is -3.98. The Labute approximate surface area is 194 Å². The number of esters is 1. The monoisotopic (exact) mass is 461 g/mol. The highest BCUT2D eigenvalue weighted by Gasteiger charge is 2.45. The molecule has 0 aliphatic carbocycles. The number of ether oxygens (including phenoxy) is 1. The fraction of sp³-hybridized carbons (Fsp3) is 0.280. The van der Waals surface area contributed by atoms with Gasteiger partial charge in [-0.25, -0.2) is 14.6 Å². The normalized spacial score (nSPS) is 18.6. The minimum Gasteiger partial charge on any atom is -0.478 e. The number of fused-ring (bicyclic) bond motifs is 5. The van der Waals surface area contributed by atoms with Crippen molar-refractivity contribution in [3.8, 4) is 11.4 Å². The van der Waals surface area contributed by atoms with Crippen LogP contribution in [0.4, 0.5) is 5.69 Å². The number of nitrogens with zero attached hydrogens (tertiary/aromatic N) is 2. The van der Waals surface area contributed by atoms with Crippen molar-refractivity contribution in [2.75, 3.05) is 5.73 Å². The standard InChI is InChI=1S/C25H23N3O6/c1-3-13-14-10-28-18(9-16-15(23(28)31)11-34-24(32)25(16,33)4-2)22(14)27-17-7-5-12(6-8-19(29)30)21(26)20(13)17/h5-9,33H,3-4,10-11,26H2,1-2H3,(H,29,30)/t25-/m0/s1. The van der Waals surface area contributed by atoms with Crippen molar-refractivity contribution in [1.29, 1.82) is 0 Å². The first-order valence-corrected chi connectivity index (χ1v) is 11.0. The highest BCUT2D eigenvalue weighted by atomic mass is 16.6. The molecule has 0 radical (unpaired) electrons. The van der Waals surface area contributed by atoms with Gasteiger partial charge < -0.3 is 25.3 Å². The number of carboxylic acid groups (broad SMARTS) is 1. The maximum Gasteiger partial charge on any atom is 0.343 e. The fourth-order valence-electron chi connectivity index (χ4n) is 5.01. The summed E-state index contributed by atoms with van der Waals surface area (Å²) in [5.74, 6) is -1.84. The minimum absolute atomic E-state index is 0.0725. The number of nitrogen functional groups attached to an aromatic ring is 1. The van der Waals surface area contributed by atoms with Crippen molar-refractivity contribution in [3.63, 3.8) is 0 Å². The van der Waals surface area contributed by atoms with E-state index in [0.29, 0.717) is 34.6 Å². The van der Waals surface area contributed by atoms with Crippen LogP contribution in [0.25, 0.3) is 28.4 Å². The lowest BCUT2D eigenvalue weighted by Gasteiger charge is -2.31. The van der Waals surface area contributed by atoms with E-state index in [2.05, 4.69) is 0 Å². The number of rotatable bonds is 4. The molecule has 0 unspecified atom stereocenters. The molecule has 9 nitrogen and oxygen atoms in total. The van der Waals surface area contributed by atoms with E-state index in [9.17, 15) is 19.5 Å². The Kier molecular flexibility index (Phi) is 4.84. The van der Waals surface area contributed by atoms with Crippen molar-refractivity contribution in [2.24, 2.45) is 0 Å². The number of carboxylic acids is 1. The first kappa shape index (κ1) is 21.8. The number of cyclic esters (lactones) is 1. The van der Waals surface area contributed by atoms with E-state index in [1.54, 1.807) is 29.7 Å². The summed E-state index contributed by atoms with van der Waals surface area (Å²) in [7, 11) is 0. The molecule has 0 saturated heterocycles. The molecule has 0 saturated carbocycles. The zero-order valence-electron chi connectivity index (χ0n) is 18.7. The quantitative estimate of drug-likeness (QED) is 0.239. The van der Waals surface area contributed by atoms with Crippen LogP contribution >= 0.6 is 0 Å². The third-order valence-corrected chi connectivity index (χ3v) is 6.80. The topological polar surface area (TPSA) is 145 Å². The molecule has 2 aromatic heterocycles. The average molecular weight is 461 g/mol. The van der Waals surface area contributed by atoms with Crippen LogP contribution in [0.3, 0.4) is 0 Å². The first-order chi connectivity index (χ1) is 16.2. The van der Waals surface area contributed by atoms with Gasteiger partial charge in [0, 0.05) is 28.3 Å². The Morgan fingerprint density at radius 2 is 2.06 bits per heavy atom. The molecule has 174 valence electrons. The Balaban J connectivity index is 1.78. The number of aliphatic hydroxyl groups is 1. The molecule has 5 rings (SSSR count). The molecule has 4 heterocycles. The molecule has 4 N–H and O–H groups in total. The predicted molar refractivity (Wildman–Crippen MR) is 125 cm³/mol. The molecular formula is C25H23N3O6. The van der Waals surface area contributed by atoms with Crippen LogP contribution in [-0.4, -0.2) is 31.7 Å². The van der Waals surface area contributed by atoms with Gasteiger partial charge in [-0.05, 0) is 42.2 Å². The molecule has 2 aliphatic rings. The summed E-state index contributed by atoms with van der Waals surface area (Å²) < 4.78 is 6.71. The number of aliphatic carboxylic acids is 1. The summed E-state index contributed by atoms with van der Waals surface area (Å²) in [6.07, 6.45) is 3.16. The first-order valence-electron chi connectivity index (χ1n) is 11.0. The third kappa shape index (κ3) is 2.90. The lowest BCUT2D eigenvalue weighted by Crippen LogP contribution is -2.44. The summed E-state index contributed by atoms with van der Waals surface area (Å²) in [6, 6.07) is 5.15. The smallest absolute Gasteiger partial charge is 0.343 e. The lowest BCUT2D eigenvalue weighted by atomic mass is 9.86. The van der Waals surface area contributed by atoms with Gasteiger partial charge in [-0.3, -0.25) is 4.79 Å². The number of carbonyl (C=O) groups excluding carboxylic acids is 1. The second kappa shape index (κ2) is 7.53. The molecular weight excluding hydrogens is 438 g/mol. The summed E-state index contributed by atoms with van der Waals surface area (Å²) in [5.41, 5.74) is 9.27. The van der Waals surface area contributed by atoms with E-state index in [0.717, 1.165) is 22.6 Å². The Bertz CT molecular complexity index is 1500. The van der Waals surface area contributed by atoms with Crippen LogP contribution in [-0.2, 0) is 39.5 Å². The van der Waals surface area contributed by atoms with E-state index in [1.807, 2.05) is 6.92 Å². The molecule has 1 atom stereocenters. The number of aromatic nitrogens is 2. The second-order valence-electron chi connectivity index (χ2n) is 8.51. The van der Waals surface area contributed by atoms with E-state index >= 15 is 0 Å². The molecule has 0 amide bonds. The second-order valence-corrected chi connectivity index (χ2v) is 8.51. The van der Waals surface area contributed by atoms with Gasteiger partial charge in [0.15, 0.2) is 5.60 Å². The van der Waals surface area contributed by atoms with Gasteiger partial charge in [-0.2, -0.15) is 0 Å². The molecule has 9 heteroatoms. The highest BCUT2D eigenvalue weighted by Crippen LogP contribution is 2.41. The number of anilines is 1. The summed E-state index contributed by atoms with van der Waals surface area (Å²) in [5, 5.41) is 20.7. The van der Waals surface area contributed by atoms with Crippen LogP contribution in [0.2, 0.25) is 0 Å². The molecule has 0 fully saturated rings. The summed E-state index contributed by atoms with van der Waals surface area (Å²) in [4.78, 5) is 41.5. The van der Waals surface area contributed by atoms with E-state index in [-0.39, 0.29) is 36.3 Å². The van der Waals surface area contributed by atoms with Crippen molar-refractivity contribution in [3.05, 3.63) is 62.4 Å². The molecule has 2 aliphatic heterocycles. The molecule has 1 aromatic carbocycles. The van der Waals surface area contributed by atoms with Gasteiger partial charge in [-0.1, -0.05) is 19.9 Å². The van der Waals surface area contributed by atoms with Gasteiger partial charge in [0.05, 0.1) is 29.0 Å². The van der Waals surface area contributed by atoms with Gasteiger partial charge >= 0.3 is 11.9 Å². The number of carbonyl (C=O) groups is 2. The fourth-order valence-corrected chi connectivity index (χ4v) is 5.01. The third-order valence-electron chi connectivity index (χ3n) is 6.80. The number of nitrogens with two attached hydrogens (primary N) is 1. The van der Waals surface area contributed by atoms with Gasteiger partial charge in [-0.15, -0.1) is 0 Å². The molecule has 0 bridgehead atoms. The van der Waals surface area contributed by atoms with Crippen molar-refractivity contribution in [2.45, 2.75) is 45.4 Å². The Morgan fingerprint density at radius 3 is 2.74 bits per heavy atom. The molecule has 0 spiro atoms. The zero-order chi connectivity index (χ0) is 24.4. The SMILES string of the molecule is CCc1c2c(nc3ccc(C=CC(=O)O)c(N)c13)-c1cc3c(c(=O)n1C2)COC(=O)[C@]3(O)CC. The summed E-state index contributed by atoms with van der Waals surface area (Å²) >= 11 is 0. The predicted octanol–water partition coefficient (Wildman–Crippen LogP) is 2.32. The van der Waals surface area contributed by atoms with E-state index in [1.165, 1.54) is 6.08 Å². The number of aryl methyl sites for hydroxylation is 1. The maximum atomic E-state index is 13.4. The number of benzene rings is 1. The minimum atomic E-state index is -1.88. The number of pyridine rings is 2. The van der Waals surface area contributed by atoms with Gasteiger partial charge in [0.2, 0.25) is 0 Å². The van der Waals surface area contributed by atoms with Crippen LogP contribution in [0.1, 0.15) is 48.1 Å². The average Bonchev–Trinajstić information content (AvgIpc) is 3.18. The van der Waals surface area contributed by atoms with Crippen molar-refractivity contribution < 1.29 is 24.5 Å².